The maximum Gasteiger partial charge on any atom is 0.237 e. The molecule has 1 aliphatic heterocycles. The van der Waals surface area contributed by atoms with E-state index in [1.165, 1.54) is 6.92 Å². The predicted molar refractivity (Wildman–Crippen MR) is 57.6 cm³/mol. The molecule has 2 rings (SSSR count). The lowest BCUT2D eigenvalue weighted by atomic mass is 10.0. The maximum atomic E-state index is 11.9. The molecule has 0 bridgehead atoms. The first-order chi connectivity index (χ1) is 7.20. The molecule has 3 nitrogen and oxygen atoms in total. The zero-order valence-corrected chi connectivity index (χ0v) is 8.64. The van der Waals surface area contributed by atoms with E-state index < -0.39 is 5.92 Å². The average Bonchev–Trinajstić information content (AvgIpc) is 2.61. The van der Waals surface area contributed by atoms with Crippen LogP contribution < -0.4 is 4.90 Å². The van der Waals surface area contributed by atoms with E-state index in [1.807, 2.05) is 30.3 Å². The number of carbonyl (C=O) groups is 2. The van der Waals surface area contributed by atoms with Gasteiger partial charge in [-0.3, -0.25) is 9.59 Å². The summed E-state index contributed by atoms with van der Waals surface area (Å²) in [6, 6.07) is 9.47. The van der Waals surface area contributed by atoms with E-state index in [1.54, 1.807) is 4.90 Å². The van der Waals surface area contributed by atoms with Gasteiger partial charge >= 0.3 is 0 Å². The molecule has 1 heterocycles. The van der Waals surface area contributed by atoms with Crippen molar-refractivity contribution in [2.45, 2.75) is 13.3 Å². The number of anilines is 1. The summed E-state index contributed by atoms with van der Waals surface area (Å²) >= 11 is 0. The quantitative estimate of drug-likeness (QED) is 0.685. The number of hydrogen-bond donors (Lipinski definition) is 0. The van der Waals surface area contributed by atoms with Crippen molar-refractivity contribution in [1.29, 1.82) is 0 Å². The Morgan fingerprint density at radius 1 is 1.33 bits per heavy atom. The number of amides is 1. The highest BCUT2D eigenvalue weighted by Crippen LogP contribution is 2.25. The highest BCUT2D eigenvalue weighted by atomic mass is 16.2. The second-order valence-electron chi connectivity index (χ2n) is 3.78. The SMILES string of the molecule is CC(=O)C1CCN(c2ccccc2)C1=O. The Bertz CT molecular complexity index is 386. The first-order valence-corrected chi connectivity index (χ1v) is 5.07. The molecule has 1 aromatic carbocycles. The fourth-order valence-electron chi connectivity index (χ4n) is 1.92. The largest absolute Gasteiger partial charge is 0.312 e. The van der Waals surface area contributed by atoms with Gasteiger partial charge in [0, 0.05) is 12.2 Å². The lowest BCUT2D eigenvalue weighted by molar-refractivity contribution is -0.129. The van der Waals surface area contributed by atoms with Gasteiger partial charge in [-0.2, -0.15) is 0 Å². The summed E-state index contributed by atoms with van der Waals surface area (Å²) in [6.07, 6.45) is 0.642. The van der Waals surface area contributed by atoms with Gasteiger partial charge in [-0.05, 0) is 25.5 Å². The number of carbonyl (C=O) groups excluding carboxylic acids is 2. The van der Waals surface area contributed by atoms with Crippen LogP contribution in [0.5, 0.6) is 0 Å². The van der Waals surface area contributed by atoms with E-state index in [2.05, 4.69) is 0 Å². The second-order valence-corrected chi connectivity index (χ2v) is 3.78. The summed E-state index contributed by atoms with van der Waals surface area (Å²) in [4.78, 5) is 24.7. The standard InChI is InChI=1S/C12H13NO2/c1-9(14)11-7-8-13(12(11)15)10-5-3-2-4-6-10/h2-6,11H,7-8H2,1H3. The number of ketones is 1. The number of nitrogens with zero attached hydrogens (tertiary/aromatic N) is 1. The van der Waals surface area contributed by atoms with Crippen LogP contribution in [0.25, 0.3) is 0 Å². The molecule has 1 aromatic rings. The maximum absolute atomic E-state index is 11.9. The van der Waals surface area contributed by atoms with E-state index in [-0.39, 0.29) is 11.7 Å². The third kappa shape index (κ3) is 1.77. The zero-order valence-electron chi connectivity index (χ0n) is 8.64. The van der Waals surface area contributed by atoms with Crippen molar-refractivity contribution in [3.63, 3.8) is 0 Å². The first kappa shape index (κ1) is 9.90. The Balaban J connectivity index is 2.21. The van der Waals surface area contributed by atoms with Gasteiger partial charge in [0.05, 0.1) is 5.92 Å². The highest BCUT2D eigenvalue weighted by molar-refractivity contribution is 6.09. The predicted octanol–water partition coefficient (Wildman–Crippen LogP) is 1.63. The molecule has 15 heavy (non-hydrogen) atoms. The fraction of sp³-hybridized carbons (Fsp3) is 0.333. The molecular formula is C12H13NO2. The van der Waals surface area contributed by atoms with E-state index in [0.717, 1.165) is 5.69 Å². The third-order valence-electron chi connectivity index (χ3n) is 2.76. The molecule has 1 atom stereocenters. The molecule has 1 amide bonds. The van der Waals surface area contributed by atoms with Gasteiger partial charge in [-0.1, -0.05) is 18.2 Å². The fourth-order valence-corrected chi connectivity index (χ4v) is 1.92. The minimum atomic E-state index is -0.426. The molecule has 1 fully saturated rings. The molecule has 78 valence electrons. The Morgan fingerprint density at radius 2 is 2.00 bits per heavy atom. The Kier molecular flexibility index (Phi) is 2.54. The number of hydrogen-bond acceptors (Lipinski definition) is 2. The third-order valence-corrected chi connectivity index (χ3v) is 2.76. The van der Waals surface area contributed by atoms with Crippen LogP contribution in [0.1, 0.15) is 13.3 Å². The van der Waals surface area contributed by atoms with Crippen LogP contribution in [0.4, 0.5) is 5.69 Å². The molecule has 0 aliphatic carbocycles. The summed E-state index contributed by atoms with van der Waals surface area (Å²) in [6.45, 7) is 2.13. The average molecular weight is 203 g/mol. The van der Waals surface area contributed by atoms with E-state index in [4.69, 9.17) is 0 Å². The van der Waals surface area contributed by atoms with Crippen molar-refractivity contribution in [2.24, 2.45) is 5.92 Å². The summed E-state index contributed by atoms with van der Waals surface area (Å²) in [5.41, 5.74) is 0.881. The molecular weight excluding hydrogens is 190 g/mol. The highest BCUT2D eigenvalue weighted by Gasteiger charge is 2.35. The van der Waals surface area contributed by atoms with Gasteiger partial charge in [-0.25, -0.2) is 0 Å². The number of rotatable bonds is 2. The van der Waals surface area contributed by atoms with Crippen LogP contribution in [-0.4, -0.2) is 18.2 Å². The van der Waals surface area contributed by atoms with Crippen molar-refractivity contribution in [1.82, 2.24) is 0 Å². The number of para-hydroxylation sites is 1. The molecule has 0 spiro atoms. The lowest BCUT2D eigenvalue weighted by Gasteiger charge is -2.15. The number of Topliss-reactive ketones (excluding diaryl/α,β-unsaturated/α-hetero) is 1. The molecule has 0 aromatic heterocycles. The van der Waals surface area contributed by atoms with Crippen molar-refractivity contribution in [3.05, 3.63) is 30.3 Å². The topological polar surface area (TPSA) is 37.4 Å². The summed E-state index contributed by atoms with van der Waals surface area (Å²) in [5, 5.41) is 0. The Labute approximate surface area is 88.7 Å². The Hall–Kier alpha value is -1.64. The van der Waals surface area contributed by atoms with Crippen molar-refractivity contribution >= 4 is 17.4 Å². The smallest absolute Gasteiger partial charge is 0.237 e. The molecule has 0 radical (unpaired) electrons. The van der Waals surface area contributed by atoms with E-state index in [9.17, 15) is 9.59 Å². The first-order valence-electron chi connectivity index (χ1n) is 5.07. The molecule has 1 unspecified atom stereocenters. The summed E-state index contributed by atoms with van der Waals surface area (Å²) in [7, 11) is 0. The van der Waals surface area contributed by atoms with Crippen LogP contribution in [0.15, 0.2) is 30.3 Å². The van der Waals surface area contributed by atoms with Gasteiger partial charge in [0.2, 0.25) is 5.91 Å². The van der Waals surface area contributed by atoms with Crippen LogP contribution in [0.3, 0.4) is 0 Å². The molecule has 0 N–H and O–H groups in total. The van der Waals surface area contributed by atoms with E-state index >= 15 is 0 Å². The summed E-state index contributed by atoms with van der Waals surface area (Å²) < 4.78 is 0. The van der Waals surface area contributed by atoms with Crippen molar-refractivity contribution in [3.8, 4) is 0 Å². The zero-order chi connectivity index (χ0) is 10.8. The lowest BCUT2D eigenvalue weighted by Crippen LogP contribution is -2.29. The second kappa shape index (κ2) is 3.85. The van der Waals surface area contributed by atoms with Gasteiger partial charge in [0.1, 0.15) is 5.78 Å². The van der Waals surface area contributed by atoms with E-state index in [0.29, 0.717) is 13.0 Å². The van der Waals surface area contributed by atoms with Crippen LogP contribution in [0, 0.1) is 5.92 Å². The van der Waals surface area contributed by atoms with Gasteiger partial charge < -0.3 is 4.90 Å². The number of benzene rings is 1. The minimum absolute atomic E-state index is 0.0292. The van der Waals surface area contributed by atoms with Gasteiger partial charge in [-0.15, -0.1) is 0 Å². The monoisotopic (exact) mass is 203 g/mol. The molecule has 3 heteroatoms. The molecule has 0 saturated carbocycles. The normalized spacial score (nSPS) is 20.7. The van der Waals surface area contributed by atoms with Gasteiger partial charge in [0.15, 0.2) is 0 Å². The van der Waals surface area contributed by atoms with Crippen LogP contribution >= 0.6 is 0 Å². The van der Waals surface area contributed by atoms with Crippen molar-refractivity contribution in [2.75, 3.05) is 11.4 Å². The van der Waals surface area contributed by atoms with Gasteiger partial charge in [0.25, 0.3) is 0 Å². The Morgan fingerprint density at radius 3 is 2.53 bits per heavy atom. The summed E-state index contributed by atoms with van der Waals surface area (Å²) in [5.74, 6) is -0.516. The minimum Gasteiger partial charge on any atom is -0.312 e. The molecule has 1 aliphatic rings. The van der Waals surface area contributed by atoms with Crippen LogP contribution in [0.2, 0.25) is 0 Å². The van der Waals surface area contributed by atoms with Crippen molar-refractivity contribution < 1.29 is 9.59 Å². The van der Waals surface area contributed by atoms with Crippen LogP contribution in [-0.2, 0) is 9.59 Å². The molecule has 1 saturated heterocycles.